The fourth-order valence-corrected chi connectivity index (χ4v) is 4.20. The highest BCUT2D eigenvalue weighted by molar-refractivity contribution is 7.99. The van der Waals surface area contributed by atoms with Gasteiger partial charge in [0.1, 0.15) is 5.82 Å². The number of benzene rings is 1. The number of aromatic amines is 1. The van der Waals surface area contributed by atoms with E-state index >= 15 is 0 Å². The van der Waals surface area contributed by atoms with Crippen LogP contribution in [0.25, 0.3) is 0 Å². The molecule has 0 amide bonds. The van der Waals surface area contributed by atoms with E-state index < -0.39 is 0 Å². The molecule has 0 atom stereocenters. The number of aryl methyl sites for hydroxylation is 2. The summed E-state index contributed by atoms with van der Waals surface area (Å²) >= 11 is 7.36. The number of ketones is 1. The average Bonchev–Trinajstić information content (AvgIpc) is 3.36. The molecule has 1 N–H and O–H groups in total. The minimum absolute atomic E-state index is 0.119. The lowest BCUT2D eigenvalue weighted by molar-refractivity contribution is 0.102. The molecule has 146 valence electrons. The summed E-state index contributed by atoms with van der Waals surface area (Å²) in [6, 6.07) is 9.91. The SMILES string of the molecule is Cc1cc(C(=O)CSc2n[nH]c(C3CC3)n2)c(C)n1CCc1ccc(Cl)cc1. The lowest BCUT2D eigenvalue weighted by Gasteiger charge is -2.10. The number of halogens is 1. The Labute approximate surface area is 173 Å². The van der Waals surface area contributed by atoms with E-state index in [1.54, 1.807) is 0 Å². The van der Waals surface area contributed by atoms with E-state index in [2.05, 4.69) is 26.7 Å². The van der Waals surface area contributed by atoms with Crippen molar-refractivity contribution >= 4 is 29.1 Å². The Morgan fingerprint density at radius 2 is 2.04 bits per heavy atom. The maximum absolute atomic E-state index is 12.8. The second-order valence-electron chi connectivity index (χ2n) is 7.30. The van der Waals surface area contributed by atoms with Crippen LogP contribution in [-0.4, -0.2) is 31.3 Å². The van der Waals surface area contributed by atoms with Gasteiger partial charge >= 0.3 is 0 Å². The third-order valence-corrected chi connectivity index (χ3v) is 6.29. The first-order valence-corrected chi connectivity index (χ1v) is 10.9. The van der Waals surface area contributed by atoms with E-state index in [4.69, 9.17) is 11.6 Å². The smallest absolute Gasteiger partial charge is 0.208 e. The molecule has 1 aliphatic rings. The monoisotopic (exact) mass is 414 g/mol. The molecule has 0 aliphatic heterocycles. The van der Waals surface area contributed by atoms with Gasteiger partial charge in [0.05, 0.1) is 5.75 Å². The Kier molecular flexibility index (Phi) is 5.60. The molecular formula is C21H23ClN4OS. The molecule has 0 bridgehead atoms. The molecule has 1 aliphatic carbocycles. The van der Waals surface area contributed by atoms with E-state index in [0.717, 1.165) is 40.8 Å². The van der Waals surface area contributed by atoms with Crippen molar-refractivity contribution in [1.29, 1.82) is 0 Å². The molecular weight excluding hydrogens is 392 g/mol. The van der Waals surface area contributed by atoms with Crippen LogP contribution >= 0.6 is 23.4 Å². The van der Waals surface area contributed by atoms with Gasteiger partial charge in [0.15, 0.2) is 5.78 Å². The van der Waals surface area contributed by atoms with Gasteiger partial charge in [-0.3, -0.25) is 9.89 Å². The van der Waals surface area contributed by atoms with E-state index in [0.29, 0.717) is 16.8 Å². The summed E-state index contributed by atoms with van der Waals surface area (Å²) in [5.41, 5.74) is 4.15. The minimum Gasteiger partial charge on any atom is -0.348 e. The molecule has 4 rings (SSSR count). The number of carbonyl (C=O) groups excluding carboxylic acids is 1. The number of H-pyrrole nitrogens is 1. The molecule has 28 heavy (non-hydrogen) atoms. The molecule has 1 aromatic carbocycles. The normalized spacial score (nSPS) is 13.8. The maximum Gasteiger partial charge on any atom is 0.208 e. The van der Waals surface area contributed by atoms with Crippen molar-refractivity contribution in [3.8, 4) is 0 Å². The van der Waals surface area contributed by atoms with Crippen LogP contribution in [0.1, 0.15) is 51.9 Å². The highest BCUT2D eigenvalue weighted by atomic mass is 35.5. The van der Waals surface area contributed by atoms with E-state index in [1.807, 2.05) is 37.3 Å². The number of nitrogens with one attached hydrogen (secondary N) is 1. The molecule has 5 nitrogen and oxygen atoms in total. The first-order chi connectivity index (χ1) is 13.5. The zero-order valence-electron chi connectivity index (χ0n) is 16.0. The molecule has 0 radical (unpaired) electrons. The lowest BCUT2D eigenvalue weighted by atomic mass is 10.1. The van der Waals surface area contributed by atoms with Crippen LogP contribution in [-0.2, 0) is 13.0 Å². The number of thioether (sulfide) groups is 1. The Morgan fingerprint density at radius 1 is 1.29 bits per heavy atom. The number of hydrogen-bond donors (Lipinski definition) is 1. The number of aromatic nitrogens is 4. The van der Waals surface area contributed by atoms with Gasteiger partial charge < -0.3 is 4.57 Å². The van der Waals surface area contributed by atoms with Crippen LogP contribution in [0.15, 0.2) is 35.5 Å². The quantitative estimate of drug-likeness (QED) is 0.417. The van der Waals surface area contributed by atoms with Crippen LogP contribution < -0.4 is 0 Å². The summed E-state index contributed by atoms with van der Waals surface area (Å²) in [4.78, 5) is 17.2. The van der Waals surface area contributed by atoms with Gasteiger partial charge in [-0.05, 0) is 56.9 Å². The van der Waals surface area contributed by atoms with Crippen molar-refractivity contribution in [2.24, 2.45) is 0 Å². The standard InChI is InChI=1S/C21H23ClN4OS/c1-13-11-18(14(2)26(13)10-9-15-3-7-17(22)8-4-15)19(27)12-28-21-23-20(24-25-21)16-5-6-16/h3-4,7-8,11,16H,5-6,9-10,12H2,1-2H3,(H,23,24,25). The zero-order chi connectivity index (χ0) is 19.7. The summed E-state index contributed by atoms with van der Waals surface area (Å²) in [6.45, 7) is 4.91. The Balaban J connectivity index is 1.38. The van der Waals surface area contributed by atoms with Gasteiger partial charge in [-0.25, -0.2) is 4.98 Å². The third kappa shape index (κ3) is 4.33. The largest absolute Gasteiger partial charge is 0.348 e. The van der Waals surface area contributed by atoms with Gasteiger partial charge in [0, 0.05) is 34.4 Å². The maximum atomic E-state index is 12.8. The van der Waals surface area contributed by atoms with Crippen molar-refractivity contribution in [2.45, 2.75) is 50.7 Å². The predicted molar refractivity (Wildman–Crippen MR) is 112 cm³/mol. The second kappa shape index (κ2) is 8.13. The van der Waals surface area contributed by atoms with Crippen LogP contribution in [0.5, 0.6) is 0 Å². The second-order valence-corrected chi connectivity index (χ2v) is 8.68. The van der Waals surface area contributed by atoms with Gasteiger partial charge in [-0.1, -0.05) is 35.5 Å². The number of hydrogen-bond acceptors (Lipinski definition) is 4. The molecule has 0 saturated heterocycles. The molecule has 0 spiro atoms. The van der Waals surface area contributed by atoms with E-state index in [9.17, 15) is 4.79 Å². The fourth-order valence-electron chi connectivity index (χ4n) is 3.39. The van der Waals surface area contributed by atoms with Crippen LogP contribution in [0, 0.1) is 13.8 Å². The summed E-state index contributed by atoms with van der Waals surface area (Å²) < 4.78 is 2.21. The van der Waals surface area contributed by atoms with E-state index in [-0.39, 0.29) is 5.78 Å². The number of nitrogens with zero attached hydrogens (tertiary/aromatic N) is 3. The van der Waals surface area contributed by atoms with Crippen molar-refractivity contribution in [3.05, 3.63) is 63.7 Å². The first kappa shape index (κ1) is 19.3. The van der Waals surface area contributed by atoms with Crippen molar-refractivity contribution in [2.75, 3.05) is 5.75 Å². The first-order valence-electron chi connectivity index (χ1n) is 9.50. The van der Waals surface area contributed by atoms with Gasteiger partial charge in [0.25, 0.3) is 0 Å². The Hall–Kier alpha value is -2.05. The molecule has 1 saturated carbocycles. The Bertz CT molecular complexity index is 989. The predicted octanol–water partition coefficient (Wildman–Crippen LogP) is 4.97. The average molecular weight is 415 g/mol. The molecule has 2 heterocycles. The molecule has 0 unspecified atom stereocenters. The molecule has 7 heteroatoms. The molecule has 3 aromatic rings. The van der Waals surface area contributed by atoms with Gasteiger partial charge in [-0.15, -0.1) is 5.10 Å². The summed E-state index contributed by atoms with van der Waals surface area (Å²) in [7, 11) is 0. The number of rotatable bonds is 8. The zero-order valence-corrected chi connectivity index (χ0v) is 17.6. The number of carbonyl (C=O) groups is 1. The van der Waals surface area contributed by atoms with Crippen molar-refractivity contribution in [3.63, 3.8) is 0 Å². The van der Waals surface area contributed by atoms with Crippen molar-refractivity contribution < 1.29 is 4.79 Å². The van der Waals surface area contributed by atoms with Crippen molar-refractivity contribution in [1.82, 2.24) is 19.7 Å². The lowest BCUT2D eigenvalue weighted by Crippen LogP contribution is -2.08. The summed E-state index contributed by atoms with van der Waals surface area (Å²) in [5, 5.41) is 8.61. The van der Waals surface area contributed by atoms with Crippen LogP contribution in [0.4, 0.5) is 0 Å². The minimum atomic E-state index is 0.119. The van der Waals surface area contributed by atoms with Crippen LogP contribution in [0.3, 0.4) is 0 Å². The number of Topliss-reactive ketones (excluding diaryl/α,β-unsaturated/α-hetero) is 1. The fraction of sp³-hybridized carbons (Fsp3) is 0.381. The van der Waals surface area contributed by atoms with E-state index in [1.165, 1.54) is 30.2 Å². The topological polar surface area (TPSA) is 63.6 Å². The highest BCUT2D eigenvalue weighted by Crippen LogP contribution is 2.38. The van der Waals surface area contributed by atoms with Gasteiger partial charge in [0.2, 0.25) is 5.16 Å². The summed E-state index contributed by atoms with van der Waals surface area (Å²) in [6.07, 6.45) is 3.26. The van der Waals surface area contributed by atoms with Gasteiger partial charge in [-0.2, -0.15) is 0 Å². The third-order valence-electron chi connectivity index (χ3n) is 5.19. The van der Waals surface area contributed by atoms with Crippen LogP contribution in [0.2, 0.25) is 5.02 Å². The highest BCUT2D eigenvalue weighted by Gasteiger charge is 2.27. The summed E-state index contributed by atoms with van der Waals surface area (Å²) in [5.74, 6) is 1.96. The Morgan fingerprint density at radius 3 is 2.75 bits per heavy atom. The molecule has 1 fully saturated rings. The molecule has 2 aromatic heterocycles.